The van der Waals surface area contributed by atoms with E-state index >= 15 is 0 Å². The fraction of sp³-hybridized carbons (Fsp3) is 0.630. The number of aliphatic hydroxyl groups excluding tert-OH is 1. The largest absolute Gasteiger partial charge is 0.508 e. The molecular weight excluding hydrogens is 938 g/mol. The maximum absolute atomic E-state index is 14.4. The number of hydrogen-bond acceptors (Lipinski definition) is 20. The monoisotopic (exact) mass is 1010 g/mol. The molecule has 25 heteroatoms. The maximum Gasteiger partial charge on any atom is 0.247 e. The van der Waals surface area contributed by atoms with Crippen LogP contribution in [-0.4, -0.2) is 188 Å². The summed E-state index contributed by atoms with van der Waals surface area (Å²) in [5.74, 6) is 3.72. The molecule has 4 aromatic rings. The van der Waals surface area contributed by atoms with Crippen molar-refractivity contribution in [1.29, 1.82) is 0 Å². The topological polar surface area (TPSA) is 305 Å². The van der Waals surface area contributed by atoms with E-state index in [1.165, 1.54) is 0 Å². The number of amides is 2. The zero-order valence-electron chi connectivity index (χ0n) is 40.9. The molecule has 390 valence electrons. The van der Waals surface area contributed by atoms with Gasteiger partial charge in [0.05, 0.1) is 69.8 Å². The van der Waals surface area contributed by atoms with Crippen LogP contribution in [-0.2, 0) is 30.2 Å². The van der Waals surface area contributed by atoms with Crippen molar-refractivity contribution in [2.24, 2.45) is 23.1 Å². The fourth-order valence-corrected chi connectivity index (χ4v) is 8.16. The van der Waals surface area contributed by atoms with E-state index in [0.717, 1.165) is 24.8 Å². The lowest BCUT2D eigenvalue weighted by Crippen LogP contribution is -2.52. The summed E-state index contributed by atoms with van der Waals surface area (Å²) in [6.07, 6.45) is 11.9. The first-order chi connectivity index (χ1) is 34.0. The summed E-state index contributed by atoms with van der Waals surface area (Å²) >= 11 is 0. The quantitative estimate of drug-likeness (QED) is 0.0333. The number of benzene rings is 1. The van der Waals surface area contributed by atoms with Gasteiger partial charge in [-0.2, -0.15) is 15.0 Å². The number of hydrogen-bond donors (Lipinski definition) is 6. The van der Waals surface area contributed by atoms with Crippen LogP contribution in [0.25, 0.3) is 0 Å². The van der Waals surface area contributed by atoms with E-state index in [2.05, 4.69) is 36.8 Å². The van der Waals surface area contributed by atoms with E-state index in [4.69, 9.17) is 52.8 Å². The molecule has 0 saturated carbocycles. The third-order valence-corrected chi connectivity index (χ3v) is 12.5. The Hall–Kier alpha value is -5.78. The number of aromatic hydroxyl groups is 1. The number of phenolic OH excluding ortho intramolecular Hbond substituents is 1. The van der Waals surface area contributed by atoms with Crippen LogP contribution in [0.3, 0.4) is 0 Å². The second-order valence-electron chi connectivity index (χ2n) is 17.4. The molecule has 0 unspecified atom stereocenters. The first kappa shape index (κ1) is 56.1. The number of ether oxygens (including phenoxy) is 3. The van der Waals surface area contributed by atoms with E-state index in [1.807, 2.05) is 40.7 Å². The number of carbonyl (C=O) groups is 2. The Morgan fingerprint density at radius 3 is 1.94 bits per heavy atom. The smallest absolute Gasteiger partial charge is 0.247 e. The summed E-state index contributed by atoms with van der Waals surface area (Å²) < 4.78 is 19.7. The number of nitrogens with two attached hydrogens (primary N) is 3. The Morgan fingerprint density at radius 2 is 1.35 bits per heavy atom. The van der Waals surface area contributed by atoms with Crippen LogP contribution < -0.4 is 32.3 Å². The van der Waals surface area contributed by atoms with Crippen molar-refractivity contribution in [3.05, 3.63) is 53.6 Å². The lowest BCUT2D eigenvalue weighted by molar-refractivity contribution is -0.137. The number of terminal acetylenes is 1. The first-order valence-electron chi connectivity index (χ1n) is 24.2. The van der Waals surface area contributed by atoms with Crippen LogP contribution in [0, 0.1) is 18.3 Å². The van der Waals surface area contributed by atoms with E-state index < -0.39 is 24.2 Å². The molecule has 0 aliphatic carbocycles. The predicted molar refractivity (Wildman–Crippen MR) is 268 cm³/mol. The highest BCUT2D eigenvalue weighted by Gasteiger charge is 2.35. The van der Waals surface area contributed by atoms with E-state index in [1.54, 1.807) is 33.9 Å². The zero-order chi connectivity index (χ0) is 49.8. The molecule has 0 radical (unpaired) electrons. The van der Waals surface area contributed by atoms with Gasteiger partial charge in [0.1, 0.15) is 30.1 Å². The van der Waals surface area contributed by atoms with Crippen molar-refractivity contribution in [3.63, 3.8) is 0 Å². The molecular formula is C46H72ClN17O7. The third-order valence-electron chi connectivity index (χ3n) is 12.5. The molecule has 2 amide bonds. The molecule has 0 spiro atoms. The van der Waals surface area contributed by atoms with Gasteiger partial charge in [-0.25, -0.2) is 9.36 Å². The lowest BCUT2D eigenvalue weighted by atomic mass is 9.97. The van der Waals surface area contributed by atoms with Crippen molar-refractivity contribution in [1.82, 2.24) is 54.7 Å². The molecule has 6 rings (SSSR count). The molecule has 5 atom stereocenters. The summed E-state index contributed by atoms with van der Waals surface area (Å²) in [5.41, 5.74) is 20.3. The van der Waals surface area contributed by atoms with Gasteiger partial charge >= 0.3 is 0 Å². The van der Waals surface area contributed by atoms with Gasteiger partial charge in [0.2, 0.25) is 29.7 Å². The second kappa shape index (κ2) is 28.9. The highest BCUT2D eigenvalue weighted by Crippen LogP contribution is 2.27. The number of phenols is 1. The van der Waals surface area contributed by atoms with E-state index in [-0.39, 0.29) is 49.1 Å². The molecule has 0 bridgehead atoms. The first-order valence-corrected chi connectivity index (χ1v) is 24.2. The minimum atomic E-state index is -0.701. The number of carbonyl (C=O) groups excluding carboxylic acids is 2. The second-order valence-corrected chi connectivity index (χ2v) is 17.4. The van der Waals surface area contributed by atoms with Crippen molar-refractivity contribution in [3.8, 4) is 18.1 Å². The average molecular weight is 1010 g/mol. The van der Waals surface area contributed by atoms with Gasteiger partial charge in [-0.1, -0.05) is 48.7 Å². The SMILES string of the molecule is C#CCOCCOCCOCCNc1nc(N2CCN(C(=O)[C@H]([C@@H](C)CC)n3cc([C@@H](N)Cc4ccc(O)cc4)nn3)CC2)nc(N2CCN(C(=O)[C@H](CCCCN)n3cc([C@@H](N)CO)nn3)CC2)n1.Cl. The van der Waals surface area contributed by atoms with Crippen molar-refractivity contribution in [2.75, 3.05) is 127 Å². The molecule has 71 heavy (non-hydrogen) atoms. The Labute approximate surface area is 421 Å². The van der Waals surface area contributed by atoms with Gasteiger partial charge in [-0.3, -0.25) is 9.59 Å². The summed E-state index contributed by atoms with van der Waals surface area (Å²) in [4.78, 5) is 50.9. The van der Waals surface area contributed by atoms with Crippen molar-refractivity contribution < 1.29 is 34.0 Å². The van der Waals surface area contributed by atoms with Gasteiger partial charge in [-0.05, 0) is 55.8 Å². The fourth-order valence-electron chi connectivity index (χ4n) is 8.16. The molecule has 3 aromatic heterocycles. The van der Waals surface area contributed by atoms with Crippen molar-refractivity contribution >= 4 is 42.1 Å². The molecule has 2 saturated heterocycles. The highest BCUT2D eigenvalue weighted by atomic mass is 35.5. The molecule has 1 aromatic carbocycles. The molecule has 24 nitrogen and oxygen atoms in total. The normalized spacial score (nSPS) is 16.2. The van der Waals surface area contributed by atoms with E-state index in [9.17, 15) is 19.8 Å². The highest BCUT2D eigenvalue weighted by molar-refractivity contribution is 5.85. The maximum atomic E-state index is 14.4. The van der Waals surface area contributed by atoms with Gasteiger partial charge in [-0.15, -0.1) is 29.0 Å². The molecule has 2 aliphatic heterocycles. The Kier molecular flexibility index (Phi) is 22.9. The molecule has 2 aliphatic rings. The van der Waals surface area contributed by atoms with Gasteiger partial charge in [0.15, 0.2) is 0 Å². The molecule has 5 heterocycles. The minimum absolute atomic E-state index is 0. The standard InChI is InChI=1S/C46H71N17O7.ClH/c1-4-23-68-25-27-70-28-26-69-24-14-50-44-51-45(60-19-15-58(16-20-60)42(66)40(8-6-7-13-47)62-30-39(55-56-62)37(49)32-64)53-46(52-44)61-21-17-59(18-22-61)43(67)41(33(3)5-2)63-31-38(54-57-63)36(48)29-34-9-11-35(65)12-10-34;/h1,9-12,30-31,33,36-37,40-41,64-65H,5-8,13-29,32,47-49H2,2-3H3,(H,50,51,52,53);1H/t33-,36-,37-,40-,41-;/m0./s1. The van der Waals surface area contributed by atoms with Gasteiger partial charge in [0.25, 0.3) is 0 Å². The van der Waals surface area contributed by atoms with Crippen LogP contribution >= 0.6 is 12.4 Å². The predicted octanol–water partition coefficient (Wildman–Crippen LogP) is 0.466. The molecule has 2 fully saturated rings. The third kappa shape index (κ3) is 16.1. The van der Waals surface area contributed by atoms with Gasteiger partial charge < -0.3 is 66.5 Å². The summed E-state index contributed by atoms with van der Waals surface area (Å²) in [6, 6.07) is 4.55. The number of rotatable bonds is 28. The Morgan fingerprint density at radius 1 is 0.789 bits per heavy atom. The van der Waals surface area contributed by atoms with Crippen LogP contribution in [0.1, 0.15) is 80.6 Å². The number of nitrogens with zero attached hydrogens (tertiary/aromatic N) is 13. The number of piperazine rings is 2. The number of nitrogens with one attached hydrogen (secondary N) is 1. The lowest BCUT2D eigenvalue weighted by Gasteiger charge is -2.38. The van der Waals surface area contributed by atoms with Crippen LogP contribution in [0.4, 0.5) is 17.8 Å². The van der Waals surface area contributed by atoms with Crippen LogP contribution in [0.2, 0.25) is 0 Å². The number of halogens is 1. The number of aliphatic hydroxyl groups is 1. The number of anilines is 3. The summed E-state index contributed by atoms with van der Waals surface area (Å²) in [6.45, 7) is 10.5. The zero-order valence-corrected chi connectivity index (χ0v) is 41.7. The van der Waals surface area contributed by atoms with Crippen LogP contribution in [0.5, 0.6) is 5.75 Å². The van der Waals surface area contributed by atoms with Gasteiger partial charge in [0, 0.05) is 58.9 Å². The molecule has 9 N–H and O–H groups in total. The minimum Gasteiger partial charge on any atom is -0.508 e. The summed E-state index contributed by atoms with van der Waals surface area (Å²) in [7, 11) is 0. The van der Waals surface area contributed by atoms with Crippen LogP contribution in [0.15, 0.2) is 36.7 Å². The number of aromatic nitrogens is 9. The average Bonchev–Trinajstić information content (AvgIpc) is 4.09. The van der Waals surface area contributed by atoms with E-state index in [0.29, 0.717) is 141 Å². The Balaban J connectivity index is 0.00000937. The Bertz CT molecular complexity index is 2250. The van der Waals surface area contributed by atoms with Crippen molar-refractivity contribution in [2.45, 2.75) is 70.1 Å². The number of unbranched alkanes of at least 4 members (excludes halogenated alkanes) is 1. The summed E-state index contributed by atoms with van der Waals surface area (Å²) in [5, 5.41) is 39.7.